The zero-order valence-corrected chi connectivity index (χ0v) is 19.3. The lowest BCUT2D eigenvalue weighted by Gasteiger charge is -2.42. The molecule has 0 aliphatic carbocycles. The van der Waals surface area contributed by atoms with Crippen LogP contribution in [-0.4, -0.2) is 28.7 Å². The molecule has 0 spiro atoms. The molecule has 32 heavy (non-hydrogen) atoms. The fourth-order valence-electron chi connectivity index (χ4n) is 4.31. The number of likely N-dealkylation sites (tertiary alicyclic amines) is 1. The number of benzene rings is 3. The monoisotopic (exact) mass is 462 g/mol. The van der Waals surface area contributed by atoms with E-state index in [4.69, 9.17) is 28.5 Å². The summed E-state index contributed by atoms with van der Waals surface area (Å²) in [5.74, 6) is 0. The first-order valence-electron chi connectivity index (χ1n) is 10.5. The van der Waals surface area contributed by atoms with Gasteiger partial charge in [-0.1, -0.05) is 65.7 Å². The molecule has 0 bridgehead atoms. The molecule has 1 unspecified atom stereocenters. The van der Waals surface area contributed by atoms with Crippen LogP contribution in [0.3, 0.4) is 0 Å². The van der Waals surface area contributed by atoms with E-state index in [1.165, 1.54) is 5.57 Å². The number of hydrogen-bond acceptors (Lipinski definition) is 3. The second-order valence-corrected chi connectivity index (χ2v) is 9.43. The highest BCUT2D eigenvalue weighted by atomic mass is 35.5. The molecule has 3 nitrogen and oxygen atoms in total. The molecule has 1 aliphatic heterocycles. The van der Waals surface area contributed by atoms with Crippen LogP contribution in [0.25, 0.3) is 0 Å². The molecule has 0 radical (unpaired) electrons. The van der Waals surface area contributed by atoms with Crippen molar-refractivity contribution in [2.24, 2.45) is 0 Å². The largest absolute Gasteiger partial charge is 0.386 e. The third-order valence-corrected chi connectivity index (χ3v) is 6.19. The van der Waals surface area contributed by atoms with Crippen molar-refractivity contribution in [1.29, 1.82) is 5.26 Å². The topological polar surface area (TPSA) is 47.3 Å². The molecule has 0 aromatic heterocycles. The van der Waals surface area contributed by atoms with Crippen LogP contribution in [0.1, 0.15) is 35.2 Å². The number of aliphatic hydroxyl groups is 1. The lowest BCUT2D eigenvalue weighted by atomic mass is 9.89. The van der Waals surface area contributed by atoms with E-state index in [0.29, 0.717) is 22.0 Å². The summed E-state index contributed by atoms with van der Waals surface area (Å²) >= 11 is 12.2. The van der Waals surface area contributed by atoms with Gasteiger partial charge in [0.05, 0.1) is 23.3 Å². The molecule has 1 saturated heterocycles. The predicted molar refractivity (Wildman–Crippen MR) is 130 cm³/mol. The van der Waals surface area contributed by atoms with E-state index >= 15 is 0 Å². The second kappa shape index (κ2) is 9.48. The van der Waals surface area contributed by atoms with Crippen LogP contribution in [0.5, 0.6) is 0 Å². The second-order valence-electron chi connectivity index (χ2n) is 8.56. The van der Waals surface area contributed by atoms with E-state index in [-0.39, 0.29) is 6.04 Å². The summed E-state index contributed by atoms with van der Waals surface area (Å²) < 4.78 is 0. The molecule has 5 heteroatoms. The Kier molecular flexibility index (Phi) is 6.69. The average Bonchev–Trinajstić information content (AvgIpc) is 2.74. The summed E-state index contributed by atoms with van der Waals surface area (Å²) in [5.41, 5.74) is 4.09. The summed E-state index contributed by atoms with van der Waals surface area (Å²) in [7, 11) is 0. The van der Waals surface area contributed by atoms with E-state index in [1.807, 2.05) is 55.5 Å². The Bertz CT molecular complexity index is 1110. The Morgan fingerprint density at radius 1 is 1.00 bits per heavy atom. The normalized spacial score (nSPS) is 15.7. The molecule has 162 valence electrons. The van der Waals surface area contributed by atoms with Crippen molar-refractivity contribution < 1.29 is 5.11 Å². The van der Waals surface area contributed by atoms with Gasteiger partial charge in [0.15, 0.2) is 0 Å². The molecule has 3 aromatic carbocycles. The standard InChI is InChI=1S/C27H24Cl2N2O/c1-27(32,14-19-3-2-4-20(13-19)16-30)15-21-17-31(18-21)26(22-5-9-24(28)10-6-22)23-7-11-25(29)12-8-23/h2-13,15,26,32H,14,17-18H2,1H3. The SMILES string of the molecule is CC(O)(C=C1CN(C(c2ccc(Cl)cc2)c2ccc(Cl)cc2)C1)Cc1cccc(C#N)c1. The number of nitriles is 1. The molecule has 1 atom stereocenters. The first kappa shape index (κ1) is 22.6. The smallest absolute Gasteiger partial charge is 0.0991 e. The number of hydrogen-bond donors (Lipinski definition) is 1. The molecule has 0 amide bonds. The number of halogens is 2. The van der Waals surface area contributed by atoms with E-state index in [9.17, 15) is 5.11 Å². The molecule has 3 aromatic rings. The third-order valence-electron chi connectivity index (χ3n) is 5.68. The fourth-order valence-corrected chi connectivity index (χ4v) is 4.56. The predicted octanol–water partition coefficient (Wildman–Crippen LogP) is 6.19. The van der Waals surface area contributed by atoms with Gasteiger partial charge in [-0.2, -0.15) is 5.26 Å². The Morgan fingerprint density at radius 3 is 2.09 bits per heavy atom. The summed E-state index contributed by atoms with van der Waals surface area (Å²) in [6.45, 7) is 3.35. The van der Waals surface area contributed by atoms with Crippen LogP contribution in [0.4, 0.5) is 0 Å². The summed E-state index contributed by atoms with van der Waals surface area (Å²) in [4.78, 5) is 2.37. The van der Waals surface area contributed by atoms with Gasteiger partial charge in [-0.25, -0.2) is 0 Å². The lowest BCUT2D eigenvalue weighted by Crippen LogP contribution is -2.44. The maximum atomic E-state index is 11.0. The van der Waals surface area contributed by atoms with Crippen molar-refractivity contribution in [3.8, 4) is 6.07 Å². The van der Waals surface area contributed by atoms with Crippen molar-refractivity contribution in [1.82, 2.24) is 4.90 Å². The van der Waals surface area contributed by atoms with Crippen LogP contribution in [0, 0.1) is 11.3 Å². The molecule has 1 aliphatic rings. The first-order valence-corrected chi connectivity index (χ1v) is 11.3. The van der Waals surface area contributed by atoms with Crippen molar-refractivity contribution in [2.45, 2.75) is 25.0 Å². The number of rotatable bonds is 6. The van der Waals surface area contributed by atoms with Crippen LogP contribution < -0.4 is 0 Å². The molecular formula is C27H24Cl2N2O. The summed E-state index contributed by atoms with van der Waals surface area (Å²) in [6.07, 6.45) is 2.42. The summed E-state index contributed by atoms with van der Waals surface area (Å²) in [5, 5.41) is 21.5. The van der Waals surface area contributed by atoms with Gasteiger partial charge in [0.1, 0.15) is 0 Å². The van der Waals surface area contributed by atoms with Crippen LogP contribution >= 0.6 is 23.2 Å². The van der Waals surface area contributed by atoms with Crippen molar-refractivity contribution in [2.75, 3.05) is 13.1 Å². The first-order chi connectivity index (χ1) is 15.3. The van der Waals surface area contributed by atoms with E-state index in [2.05, 4.69) is 35.2 Å². The lowest BCUT2D eigenvalue weighted by molar-refractivity contribution is 0.106. The van der Waals surface area contributed by atoms with Gasteiger partial charge in [0.25, 0.3) is 0 Å². The molecule has 0 saturated carbocycles. The molecule has 1 N–H and O–H groups in total. The van der Waals surface area contributed by atoms with Gasteiger partial charge in [0, 0.05) is 29.6 Å². The molecule has 1 fully saturated rings. The third kappa shape index (κ3) is 5.41. The van der Waals surface area contributed by atoms with Gasteiger partial charge in [-0.3, -0.25) is 4.90 Å². The highest BCUT2D eigenvalue weighted by molar-refractivity contribution is 6.30. The van der Waals surface area contributed by atoms with Gasteiger partial charge in [-0.15, -0.1) is 0 Å². The van der Waals surface area contributed by atoms with E-state index in [0.717, 1.165) is 29.8 Å². The van der Waals surface area contributed by atoms with Gasteiger partial charge in [-0.05, 0) is 65.6 Å². The molecule has 4 rings (SSSR count). The highest BCUT2D eigenvalue weighted by Crippen LogP contribution is 2.36. The van der Waals surface area contributed by atoms with E-state index < -0.39 is 5.60 Å². The van der Waals surface area contributed by atoms with Gasteiger partial charge >= 0.3 is 0 Å². The Balaban J connectivity index is 1.51. The Labute approximate surface area is 199 Å². The minimum absolute atomic E-state index is 0.0824. The highest BCUT2D eigenvalue weighted by Gasteiger charge is 2.32. The zero-order valence-electron chi connectivity index (χ0n) is 17.8. The van der Waals surface area contributed by atoms with Crippen LogP contribution in [0.2, 0.25) is 10.0 Å². The van der Waals surface area contributed by atoms with Crippen molar-refractivity contribution >= 4 is 23.2 Å². The maximum Gasteiger partial charge on any atom is 0.0991 e. The Morgan fingerprint density at radius 2 is 1.56 bits per heavy atom. The Hall–Kier alpha value is -2.61. The van der Waals surface area contributed by atoms with E-state index in [1.54, 1.807) is 6.07 Å². The minimum Gasteiger partial charge on any atom is -0.386 e. The quantitative estimate of drug-likeness (QED) is 0.444. The fraction of sp³-hybridized carbons (Fsp3) is 0.222. The zero-order chi connectivity index (χ0) is 22.7. The van der Waals surface area contributed by atoms with Crippen molar-refractivity contribution in [3.63, 3.8) is 0 Å². The maximum absolute atomic E-state index is 11.0. The van der Waals surface area contributed by atoms with Crippen LogP contribution in [-0.2, 0) is 6.42 Å². The van der Waals surface area contributed by atoms with Gasteiger partial charge in [0.2, 0.25) is 0 Å². The summed E-state index contributed by atoms with van der Waals surface area (Å²) in [6, 6.07) is 25.5. The number of nitrogens with zero attached hydrogens (tertiary/aromatic N) is 2. The van der Waals surface area contributed by atoms with Gasteiger partial charge < -0.3 is 5.11 Å². The molecular weight excluding hydrogens is 439 g/mol. The molecule has 1 heterocycles. The van der Waals surface area contributed by atoms with Crippen molar-refractivity contribution in [3.05, 3.63) is 117 Å². The minimum atomic E-state index is -0.981. The average molecular weight is 463 g/mol. The van der Waals surface area contributed by atoms with Crippen LogP contribution in [0.15, 0.2) is 84.4 Å².